The normalized spacial score (nSPS) is 9.20. The fourth-order valence-electron chi connectivity index (χ4n) is 0.814. The van der Waals surface area contributed by atoms with Crippen molar-refractivity contribution in [3.8, 4) is 0 Å². The minimum atomic E-state index is -0.471. The van der Waals surface area contributed by atoms with Gasteiger partial charge in [0.25, 0.3) is 0 Å². The maximum atomic E-state index is 5.56. The van der Waals surface area contributed by atoms with Crippen LogP contribution in [0.5, 0.6) is 0 Å². The molecule has 0 spiro atoms. The van der Waals surface area contributed by atoms with Gasteiger partial charge in [0.15, 0.2) is 0 Å². The third-order valence-corrected chi connectivity index (χ3v) is 1.36. The van der Waals surface area contributed by atoms with E-state index in [-0.39, 0.29) is 0 Å². The number of benzene rings is 1. The van der Waals surface area contributed by atoms with Gasteiger partial charge < -0.3 is 5.73 Å². The molecule has 1 rings (SSSR count). The maximum absolute atomic E-state index is 5.56. The molecular formula is C6H6B3N. The number of nitrogen functional groups attached to an aromatic ring is 1. The molecule has 1 aromatic carbocycles. The summed E-state index contributed by atoms with van der Waals surface area (Å²) in [5.74, 6) is 0. The Bertz CT molecular complexity index is 224. The number of rotatable bonds is 1. The minimum absolute atomic E-state index is 0.471. The summed E-state index contributed by atoms with van der Waals surface area (Å²) in [5.41, 5.74) is 7.01. The molecule has 0 aliphatic rings. The van der Waals surface area contributed by atoms with Crippen molar-refractivity contribution in [1.29, 1.82) is 0 Å². The number of hydrogen-bond acceptors (Lipinski definition) is 1. The van der Waals surface area contributed by atoms with Gasteiger partial charge in [-0.2, -0.15) is 0 Å². The fraction of sp³-hybridized carbons (Fsp3) is 0. The molecule has 10 heavy (non-hydrogen) atoms. The third kappa shape index (κ3) is 1.38. The number of anilines is 1. The summed E-state index contributed by atoms with van der Waals surface area (Å²) in [6.07, 6.45) is 0. The van der Waals surface area contributed by atoms with E-state index in [4.69, 9.17) is 21.2 Å². The van der Waals surface area contributed by atoms with Crippen LogP contribution >= 0.6 is 0 Å². The highest BCUT2D eigenvalue weighted by Crippen LogP contribution is 1.95. The first-order valence-corrected chi connectivity index (χ1v) is 3.07. The van der Waals surface area contributed by atoms with Crippen LogP contribution < -0.4 is 11.2 Å². The Labute approximate surface area is 63.9 Å². The van der Waals surface area contributed by atoms with Crippen molar-refractivity contribution in [2.45, 2.75) is 0 Å². The van der Waals surface area contributed by atoms with E-state index in [9.17, 15) is 0 Å². The molecule has 0 saturated heterocycles. The van der Waals surface area contributed by atoms with Gasteiger partial charge in [-0.1, -0.05) is 23.7 Å². The van der Waals surface area contributed by atoms with Crippen molar-refractivity contribution in [2.75, 3.05) is 5.73 Å². The number of para-hydroxylation sites is 1. The highest BCUT2D eigenvalue weighted by atomic mass is 14.5. The SMILES string of the molecule is [B]B([B])c1ccccc1N. The summed E-state index contributed by atoms with van der Waals surface area (Å²) >= 11 is 0. The van der Waals surface area contributed by atoms with Crippen LogP contribution in [0.3, 0.4) is 0 Å². The van der Waals surface area contributed by atoms with Crippen molar-refractivity contribution in [1.82, 2.24) is 0 Å². The molecule has 2 N–H and O–H groups in total. The van der Waals surface area contributed by atoms with Crippen LogP contribution in [0.2, 0.25) is 0 Å². The highest BCUT2D eigenvalue weighted by molar-refractivity contribution is 7.35. The summed E-state index contributed by atoms with van der Waals surface area (Å²) in [5, 5.41) is 0. The topological polar surface area (TPSA) is 26.0 Å². The van der Waals surface area contributed by atoms with E-state index in [1.807, 2.05) is 18.2 Å². The van der Waals surface area contributed by atoms with Gasteiger partial charge in [-0.05, 0) is 6.07 Å². The molecule has 0 unspecified atom stereocenters. The average molecular weight is 125 g/mol. The van der Waals surface area contributed by atoms with Crippen molar-refractivity contribution in [3.63, 3.8) is 0 Å². The van der Waals surface area contributed by atoms with Gasteiger partial charge in [-0.3, -0.25) is 0 Å². The second-order valence-corrected chi connectivity index (χ2v) is 2.15. The van der Waals surface area contributed by atoms with Crippen LogP contribution in [0.4, 0.5) is 5.69 Å². The van der Waals surface area contributed by atoms with Gasteiger partial charge in [0, 0.05) is 21.2 Å². The average Bonchev–Trinajstić information content (AvgIpc) is 1.88. The Kier molecular flexibility index (Phi) is 2.10. The first-order chi connectivity index (χ1) is 4.72. The molecule has 0 saturated carbocycles. The minimum Gasteiger partial charge on any atom is -0.399 e. The lowest BCUT2D eigenvalue weighted by Crippen LogP contribution is -2.33. The summed E-state index contributed by atoms with van der Waals surface area (Å²) in [7, 11) is 10.8. The summed E-state index contributed by atoms with van der Waals surface area (Å²) in [6, 6.07) is 7.31. The highest BCUT2D eigenvalue weighted by Gasteiger charge is 2.02. The molecule has 0 amide bonds. The lowest BCUT2D eigenvalue weighted by atomic mass is 9.17. The molecule has 0 fully saturated rings. The molecule has 0 atom stereocenters. The Morgan fingerprint density at radius 2 is 1.80 bits per heavy atom. The first kappa shape index (κ1) is 7.32. The molecule has 44 valence electrons. The molecule has 4 heteroatoms. The van der Waals surface area contributed by atoms with Crippen LogP contribution in [0.1, 0.15) is 0 Å². The van der Waals surface area contributed by atoms with Crippen molar-refractivity contribution in [3.05, 3.63) is 24.3 Å². The maximum Gasteiger partial charge on any atom is 0.0833 e. The second kappa shape index (κ2) is 2.87. The van der Waals surface area contributed by atoms with Crippen LogP contribution in [-0.4, -0.2) is 22.0 Å². The van der Waals surface area contributed by atoms with E-state index < -0.39 is 6.49 Å². The zero-order chi connectivity index (χ0) is 7.56. The quantitative estimate of drug-likeness (QED) is 0.389. The molecule has 1 nitrogen and oxygen atoms in total. The molecule has 0 bridgehead atoms. The predicted molar refractivity (Wildman–Crippen MR) is 47.8 cm³/mol. The van der Waals surface area contributed by atoms with Gasteiger partial charge in [-0.25, -0.2) is 0 Å². The Hall–Kier alpha value is -0.785. The van der Waals surface area contributed by atoms with E-state index in [2.05, 4.69) is 0 Å². The van der Waals surface area contributed by atoms with Gasteiger partial charge in [0.1, 0.15) is 0 Å². The molecule has 0 aliphatic heterocycles. The van der Waals surface area contributed by atoms with Crippen LogP contribution in [-0.2, 0) is 0 Å². The van der Waals surface area contributed by atoms with E-state index in [1.165, 1.54) is 0 Å². The zero-order valence-electron chi connectivity index (χ0n) is 5.62. The molecular weight excluding hydrogens is 119 g/mol. The first-order valence-electron chi connectivity index (χ1n) is 3.07. The van der Waals surface area contributed by atoms with Crippen molar-refractivity contribution >= 4 is 33.1 Å². The smallest absolute Gasteiger partial charge is 0.0833 e. The molecule has 0 aliphatic carbocycles. The van der Waals surface area contributed by atoms with Crippen LogP contribution in [0.25, 0.3) is 0 Å². The van der Waals surface area contributed by atoms with Crippen LogP contribution in [0.15, 0.2) is 24.3 Å². The lowest BCUT2D eigenvalue weighted by Gasteiger charge is -2.05. The number of nitrogens with two attached hydrogens (primary N) is 1. The molecule has 4 radical (unpaired) electrons. The van der Waals surface area contributed by atoms with Crippen LogP contribution in [0, 0.1) is 0 Å². The molecule has 0 heterocycles. The summed E-state index contributed by atoms with van der Waals surface area (Å²) in [6.45, 7) is -0.471. The van der Waals surface area contributed by atoms with E-state index in [1.54, 1.807) is 6.07 Å². The zero-order valence-corrected chi connectivity index (χ0v) is 5.62. The predicted octanol–water partition coefficient (Wildman–Crippen LogP) is -0.699. The van der Waals surface area contributed by atoms with Gasteiger partial charge in [-0.15, -0.1) is 0 Å². The van der Waals surface area contributed by atoms with Crippen molar-refractivity contribution < 1.29 is 0 Å². The Morgan fingerprint density at radius 1 is 1.20 bits per heavy atom. The van der Waals surface area contributed by atoms with Crippen molar-refractivity contribution in [2.24, 2.45) is 0 Å². The van der Waals surface area contributed by atoms with E-state index >= 15 is 0 Å². The molecule has 0 aromatic heterocycles. The van der Waals surface area contributed by atoms with Gasteiger partial charge in [0.2, 0.25) is 0 Å². The van der Waals surface area contributed by atoms with Gasteiger partial charge >= 0.3 is 0 Å². The van der Waals surface area contributed by atoms with E-state index in [0.717, 1.165) is 5.46 Å². The Morgan fingerprint density at radius 3 is 2.20 bits per heavy atom. The monoisotopic (exact) mass is 125 g/mol. The second-order valence-electron chi connectivity index (χ2n) is 2.15. The number of hydrogen-bond donors (Lipinski definition) is 1. The summed E-state index contributed by atoms with van der Waals surface area (Å²) < 4.78 is 0. The summed E-state index contributed by atoms with van der Waals surface area (Å²) in [4.78, 5) is 0. The third-order valence-electron chi connectivity index (χ3n) is 1.36. The lowest BCUT2D eigenvalue weighted by molar-refractivity contribution is 1.74. The van der Waals surface area contributed by atoms with E-state index in [0.29, 0.717) is 5.69 Å². The standard InChI is InChI=1S/C6H6B3N/c7-9(8)5-3-1-2-4-6(5)10/h1-4H,10H2. The Balaban J connectivity index is 3.03. The fourth-order valence-corrected chi connectivity index (χ4v) is 0.814. The largest absolute Gasteiger partial charge is 0.399 e. The van der Waals surface area contributed by atoms with Gasteiger partial charge in [0.05, 0.1) is 6.49 Å². The molecule has 1 aromatic rings.